The Morgan fingerprint density at radius 3 is 2.32 bits per heavy atom. The highest BCUT2D eigenvalue weighted by molar-refractivity contribution is 7.17. The van der Waals surface area contributed by atoms with Gasteiger partial charge in [-0.25, -0.2) is 4.98 Å². The van der Waals surface area contributed by atoms with Crippen molar-refractivity contribution in [2.45, 2.75) is 27.2 Å². The largest absolute Gasteiger partial charge is 0.493 e. The van der Waals surface area contributed by atoms with Gasteiger partial charge in [0, 0.05) is 17.3 Å². The Labute approximate surface area is 169 Å². The number of carbonyl (C=O) groups excluding carboxylic acids is 1. The smallest absolute Gasteiger partial charge is 0.267 e. The molecule has 146 valence electrons. The molecule has 0 unspecified atom stereocenters. The lowest BCUT2D eigenvalue weighted by Gasteiger charge is -2.13. The molecule has 0 bridgehead atoms. The molecule has 0 aliphatic carbocycles. The molecular formula is C22H24N2O3S. The van der Waals surface area contributed by atoms with Gasteiger partial charge in [0.1, 0.15) is 9.88 Å². The number of hydrogen-bond acceptors (Lipinski definition) is 5. The number of nitrogens with one attached hydrogen (secondary N) is 1. The Balaban J connectivity index is 1.86. The first-order valence-electron chi connectivity index (χ1n) is 9.07. The minimum absolute atomic E-state index is 0.179. The normalized spacial score (nSPS) is 10.6. The van der Waals surface area contributed by atoms with Crippen molar-refractivity contribution in [3.8, 4) is 22.1 Å². The standard InChI is InChI=1S/C22H24N2O3S/c1-6-15-7-9-16(10-8-15)22-23-14(3)20(28-22)21(25)24-17-12-19(27-5)18(26-4)11-13(17)2/h7-12H,6H2,1-5H3,(H,24,25). The Kier molecular flexibility index (Phi) is 5.99. The zero-order chi connectivity index (χ0) is 20.3. The molecule has 1 amide bonds. The van der Waals surface area contributed by atoms with E-state index in [0.717, 1.165) is 28.2 Å². The molecule has 28 heavy (non-hydrogen) atoms. The van der Waals surface area contributed by atoms with Crippen molar-refractivity contribution < 1.29 is 14.3 Å². The SMILES string of the molecule is CCc1ccc(-c2nc(C)c(C(=O)Nc3cc(OC)c(OC)cc3C)s2)cc1. The van der Waals surface area contributed by atoms with Crippen LogP contribution in [0.4, 0.5) is 5.69 Å². The topological polar surface area (TPSA) is 60.5 Å². The molecule has 0 aliphatic heterocycles. The summed E-state index contributed by atoms with van der Waals surface area (Å²) in [5, 5.41) is 3.81. The molecule has 0 radical (unpaired) electrons. The number of aryl methyl sites for hydroxylation is 3. The molecule has 0 spiro atoms. The zero-order valence-electron chi connectivity index (χ0n) is 16.8. The minimum atomic E-state index is -0.179. The minimum Gasteiger partial charge on any atom is -0.493 e. The van der Waals surface area contributed by atoms with Gasteiger partial charge in [-0.15, -0.1) is 11.3 Å². The van der Waals surface area contributed by atoms with Crippen molar-refractivity contribution in [1.29, 1.82) is 0 Å². The first-order chi connectivity index (χ1) is 13.5. The van der Waals surface area contributed by atoms with E-state index in [0.29, 0.717) is 22.1 Å². The Morgan fingerprint density at radius 1 is 1.07 bits per heavy atom. The third kappa shape index (κ3) is 4.02. The van der Waals surface area contributed by atoms with Crippen molar-refractivity contribution in [2.75, 3.05) is 19.5 Å². The van der Waals surface area contributed by atoms with Crippen molar-refractivity contribution >= 4 is 22.9 Å². The lowest BCUT2D eigenvalue weighted by atomic mass is 10.1. The van der Waals surface area contributed by atoms with Crippen LogP contribution in [0.5, 0.6) is 11.5 Å². The van der Waals surface area contributed by atoms with Crippen LogP contribution in [0.15, 0.2) is 36.4 Å². The van der Waals surface area contributed by atoms with E-state index in [1.807, 2.05) is 19.9 Å². The summed E-state index contributed by atoms with van der Waals surface area (Å²) >= 11 is 1.40. The fraction of sp³-hybridized carbons (Fsp3) is 0.273. The van der Waals surface area contributed by atoms with Crippen LogP contribution < -0.4 is 14.8 Å². The summed E-state index contributed by atoms with van der Waals surface area (Å²) < 4.78 is 10.6. The van der Waals surface area contributed by atoms with E-state index in [4.69, 9.17) is 9.47 Å². The number of aromatic nitrogens is 1. The molecule has 0 saturated carbocycles. The van der Waals surface area contributed by atoms with Gasteiger partial charge < -0.3 is 14.8 Å². The van der Waals surface area contributed by atoms with Gasteiger partial charge in [-0.05, 0) is 37.5 Å². The van der Waals surface area contributed by atoms with Crippen molar-refractivity contribution in [1.82, 2.24) is 4.98 Å². The van der Waals surface area contributed by atoms with Crippen LogP contribution in [0.1, 0.15) is 33.4 Å². The van der Waals surface area contributed by atoms with Crippen LogP contribution in [0.25, 0.3) is 10.6 Å². The summed E-state index contributed by atoms with van der Waals surface area (Å²) in [5.41, 5.74) is 4.59. The van der Waals surface area contributed by atoms with Crippen molar-refractivity contribution in [3.63, 3.8) is 0 Å². The molecular weight excluding hydrogens is 372 g/mol. The monoisotopic (exact) mass is 396 g/mol. The lowest BCUT2D eigenvalue weighted by Crippen LogP contribution is -2.12. The van der Waals surface area contributed by atoms with Gasteiger partial charge in [-0.1, -0.05) is 31.2 Å². The van der Waals surface area contributed by atoms with E-state index in [1.165, 1.54) is 16.9 Å². The van der Waals surface area contributed by atoms with Crippen LogP contribution >= 0.6 is 11.3 Å². The summed E-state index contributed by atoms with van der Waals surface area (Å²) in [6.07, 6.45) is 0.996. The van der Waals surface area contributed by atoms with Gasteiger partial charge in [-0.2, -0.15) is 0 Å². The first-order valence-corrected chi connectivity index (χ1v) is 9.89. The highest BCUT2D eigenvalue weighted by Gasteiger charge is 2.18. The number of ether oxygens (including phenoxy) is 2. The average molecular weight is 397 g/mol. The van der Waals surface area contributed by atoms with Gasteiger partial charge in [0.15, 0.2) is 11.5 Å². The number of hydrogen-bond donors (Lipinski definition) is 1. The van der Waals surface area contributed by atoms with Gasteiger partial charge >= 0.3 is 0 Å². The molecule has 1 aromatic heterocycles. The van der Waals surface area contributed by atoms with Crippen LogP contribution in [-0.4, -0.2) is 25.1 Å². The first kappa shape index (κ1) is 19.9. The maximum atomic E-state index is 12.9. The summed E-state index contributed by atoms with van der Waals surface area (Å²) in [7, 11) is 3.16. The van der Waals surface area contributed by atoms with E-state index in [-0.39, 0.29) is 5.91 Å². The van der Waals surface area contributed by atoms with Crippen molar-refractivity contribution in [2.24, 2.45) is 0 Å². The predicted octanol–water partition coefficient (Wildman–Crippen LogP) is 5.26. The number of amides is 1. The second kappa shape index (κ2) is 8.44. The maximum Gasteiger partial charge on any atom is 0.267 e. The molecule has 0 aliphatic rings. The maximum absolute atomic E-state index is 12.9. The molecule has 0 atom stereocenters. The number of benzene rings is 2. The number of nitrogens with zero attached hydrogens (tertiary/aromatic N) is 1. The lowest BCUT2D eigenvalue weighted by molar-refractivity contribution is 0.102. The quantitative estimate of drug-likeness (QED) is 0.617. The van der Waals surface area contributed by atoms with Crippen LogP contribution in [0, 0.1) is 13.8 Å². The number of thiazole rings is 1. The number of carbonyl (C=O) groups is 1. The second-order valence-electron chi connectivity index (χ2n) is 6.46. The average Bonchev–Trinajstić information content (AvgIpc) is 3.10. The van der Waals surface area contributed by atoms with E-state index in [9.17, 15) is 4.79 Å². The van der Waals surface area contributed by atoms with Crippen molar-refractivity contribution in [3.05, 3.63) is 58.1 Å². The fourth-order valence-corrected chi connectivity index (χ4v) is 3.87. The van der Waals surface area contributed by atoms with E-state index in [1.54, 1.807) is 20.3 Å². The number of rotatable bonds is 6. The fourth-order valence-electron chi connectivity index (χ4n) is 2.91. The van der Waals surface area contributed by atoms with Crippen LogP contribution in [0.3, 0.4) is 0 Å². The summed E-state index contributed by atoms with van der Waals surface area (Å²) in [5.74, 6) is 1.02. The molecule has 6 heteroatoms. The van der Waals surface area contributed by atoms with Gasteiger partial charge in [0.25, 0.3) is 5.91 Å². The Morgan fingerprint density at radius 2 is 1.71 bits per heavy atom. The molecule has 0 saturated heterocycles. The molecule has 3 aromatic rings. The van der Waals surface area contributed by atoms with Crippen LogP contribution in [-0.2, 0) is 6.42 Å². The third-order valence-electron chi connectivity index (χ3n) is 4.59. The Hall–Kier alpha value is -2.86. The summed E-state index contributed by atoms with van der Waals surface area (Å²) in [4.78, 5) is 18.1. The van der Waals surface area contributed by atoms with Crippen LogP contribution in [0.2, 0.25) is 0 Å². The molecule has 2 aromatic carbocycles. The molecule has 3 rings (SSSR count). The van der Waals surface area contributed by atoms with Gasteiger partial charge in [0.05, 0.1) is 19.9 Å². The predicted molar refractivity (Wildman–Crippen MR) is 114 cm³/mol. The van der Waals surface area contributed by atoms with Gasteiger partial charge in [0.2, 0.25) is 0 Å². The van der Waals surface area contributed by atoms with E-state index in [2.05, 4.69) is 41.5 Å². The summed E-state index contributed by atoms with van der Waals surface area (Å²) in [6.45, 7) is 5.90. The Bertz CT molecular complexity index is 994. The number of methoxy groups -OCH3 is 2. The van der Waals surface area contributed by atoms with E-state index < -0.39 is 0 Å². The molecule has 5 nitrogen and oxygen atoms in total. The number of anilines is 1. The highest BCUT2D eigenvalue weighted by Crippen LogP contribution is 2.34. The molecule has 0 fully saturated rings. The zero-order valence-corrected chi connectivity index (χ0v) is 17.6. The van der Waals surface area contributed by atoms with E-state index >= 15 is 0 Å². The molecule has 1 N–H and O–H groups in total. The molecule has 1 heterocycles. The van der Waals surface area contributed by atoms with Gasteiger partial charge in [-0.3, -0.25) is 4.79 Å². The second-order valence-corrected chi connectivity index (χ2v) is 7.46. The highest BCUT2D eigenvalue weighted by atomic mass is 32.1. The summed E-state index contributed by atoms with van der Waals surface area (Å²) in [6, 6.07) is 11.9. The third-order valence-corrected chi connectivity index (χ3v) is 5.80.